The predicted octanol–water partition coefficient (Wildman–Crippen LogP) is 0.267. The van der Waals surface area contributed by atoms with E-state index in [1.54, 1.807) is 0 Å². The molecule has 4 fully saturated rings. The van der Waals surface area contributed by atoms with Crippen molar-refractivity contribution in [3.63, 3.8) is 0 Å². The SMILES string of the molecule is O=C(O)C1(CC2CO2)CC2OC2CC1(CC1CO1)C(=O)O. The Hall–Kier alpha value is -1.18. The molecule has 0 aromatic rings. The Morgan fingerprint density at radius 2 is 1.29 bits per heavy atom. The third-order valence-electron chi connectivity index (χ3n) is 5.48. The maximum Gasteiger partial charge on any atom is 0.311 e. The molecule has 21 heavy (non-hydrogen) atoms. The number of rotatable bonds is 6. The molecule has 7 heteroatoms. The number of aliphatic carboxylic acids is 2. The Morgan fingerprint density at radius 3 is 1.57 bits per heavy atom. The van der Waals surface area contributed by atoms with E-state index in [0.717, 1.165) is 0 Å². The molecule has 0 aromatic heterocycles. The number of hydrogen-bond acceptors (Lipinski definition) is 5. The van der Waals surface area contributed by atoms with Crippen LogP contribution in [-0.4, -0.2) is 59.8 Å². The van der Waals surface area contributed by atoms with Crippen LogP contribution in [0.15, 0.2) is 0 Å². The molecule has 6 atom stereocenters. The number of carbonyl (C=O) groups is 2. The van der Waals surface area contributed by atoms with Gasteiger partial charge in [-0.1, -0.05) is 0 Å². The van der Waals surface area contributed by atoms with Crippen LogP contribution >= 0.6 is 0 Å². The van der Waals surface area contributed by atoms with Crippen LogP contribution in [0.3, 0.4) is 0 Å². The molecule has 116 valence electrons. The van der Waals surface area contributed by atoms with E-state index in [2.05, 4.69) is 0 Å². The second-order valence-corrected chi connectivity index (χ2v) is 6.71. The number of epoxide rings is 3. The lowest BCUT2D eigenvalue weighted by Gasteiger charge is -2.46. The molecule has 0 amide bonds. The van der Waals surface area contributed by atoms with E-state index < -0.39 is 22.8 Å². The van der Waals surface area contributed by atoms with Gasteiger partial charge in [0.05, 0.1) is 48.5 Å². The first-order chi connectivity index (χ1) is 9.97. The lowest BCUT2D eigenvalue weighted by molar-refractivity contribution is -0.181. The molecule has 1 aliphatic carbocycles. The summed E-state index contributed by atoms with van der Waals surface area (Å²) in [5.41, 5.74) is -2.66. The zero-order valence-corrected chi connectivity index (χ0v) is 11.5. The molecule has 0 aromatic carbocycles. The van der Waals surface area contributed by atoms with Crippen molar-refractivity contribution in [3.8, 4) is 0 Å². The van der Waals surface area contributed by atoms with Crippen molar-refractivity contribution in [1.29, 1.82) is 0 Å². The van der Waals surface area contributed by atoms with Gasteiger partial charge in [0.2, 0.25) is 0 Å². The zero-order valence-electron chi connectivity index (χ0n) is 11.5. The molecule has 0 spiro atoms. The summed E-state index contributed by atoms with van der Waals surface area (Å²) in [5.74, 6) is -2.09. The second kappa shape index (κ2) is 4.18. The maximum absolute atomic E-state index is 12.1. The summed E-state index contributed by atoms with van der Waals surface area (Å²) >= 11 is 0. The number of hydrogen-bond donors (Lipinski definition) is 2. The van der Waals surface area contributed by atoms with Crippen LogP contribution < -0.4 is 0 Å². The first-order valence-electron chi connectivity index (χ1n) is 7.32. The Labute approximate surface area is 121 Å². The van der Waals surface area contributed by atoms with Crippen molar-refractivity contribution >= 4 is 11.9 Å². The quantitative estimate of drug-likeness (QED) is 0.677. The van der Waals surface area contributed by atoms with E-state index in [1.807, 2.05) is 0 Å². The van der Waals surface area contributed by atoms with Gasteiger partial charge in [-0.2, -0.15) is 0 Å². The molecule has 4 rings (SSSR count). The Bertz CT molecular complexity index is 446. The molecular formula is C14H18O7. The highest BCUT2D eigenvalue weighted by molar-refractivity contribution is 5.87. The highest BCUT2D eigenvalue weighted by Gasteiger charge is 2.71. The lowest BCUT2D eigenvalue weighted by atomic mass is 9.52. The molecule has 3 aliphatic heterocycles. The number of carboxylic acid groups (broad SMARTS) is 2. The first kappa shape index (κ1) is 13.5. The van der Waals surface area contributed by atoms with Crippen molar-refractivity contribution in [2.45, 2.75) is 50.1 Å². The fourth-order valence-corrected chi connectivity index (χ4v) is 4.08. The molecular weight excluding hydrogens is 280 g/mol. The minimum Gasteiger partial charge on any atom is -0.481 e. The van der Waals surface area contributed by atoms with Crippen LogP contribution in [0, 0.1) is 10.8 Å². The highest BCUT2D eigenvalue weighted by atomic mass is 16.6. The summed E-state index contributed by atoms with van der Waals surface area (Å²) in [7, 11) is 0. The predicted molar refractivity (Wildman–Crippen MR) is 66.7 cm³/mol. The third-order valence-corrected chi connectivity index (χ3v) is 5.48. The first-order valence-corrected chi connectivity index (χ1v) is 7.32. The maximum atomic E-state index is 12.1. The standard InChI is InChI=1S/C14H18O7/c15-11(16)13(1-7-5-19-7)3-9-10(21-9)4-14(13,12(17)18)2-8-6-20-8/h7-10H,1-6H2,(H,15,16)(H,17,18). The van der Waals surface area contributed by atoms with Crippen LogP contribution in [0.4, 0.5) is 0 Å². The van der Waals surface area contributed by atoms with E-state index >= 15 is 0 Å². The van der Waals surface area contributed by atoms with Crippen molar-refractivity contribution in [2.24, 2.45) is 10.8 Å². The molecule has 7 nitrogen and oxygen atoms in total. The van der Waals surface area contributed by atoms with E-state index in [4.69, 9.17) is 14.2 Å². The summed E-state index contributed by atoms with van der Waals surface area (Å²) in [6.07, 6.45) is 0.477. The fraction of sp³-hybridized carbons (Fsp3) is 0.857. The van der Waals surface area contributed by atoms with Crippen LogP contribution in [0.1, 0.15) is 25.7 Å². The largest absolute Gasteiger partial charge is 0.481 e. The van der Waals surface area contributed by atoms with Crippen molar-refractivity contribution in [1.82, 2.24) is 0 Å². The van der Waals surface area contributed by atoms with Crippen LogP contribution in [0.5, 0.6) is 0 Å². The van der Waals surface area contributed by atoms with Crippen molar-refractivity contribution in [2.75, 3.05) is 13.2 Å². The summed E-state index contributed by atoms with van der Waals surface area (Å²) in [6.45, 7) is 1.03. The Balaban J connectivity index is 1.76. The van der Waals surface area contributed by atoms with E-state index in [-0.39, 0.29) is 50.1 Å². The van der Waals surface area contributed by atoms with Crippen LogP contribution in [-0.2, 0) is 23.8 Å². The molecule has 0 radical (unpaired) electrons. The topological polar surface area (TPSA) is 112 Å². The molecule has 4 aliphatic rings. The Kier molecular flexibility index (Phi) is 2.68. The monoisotopic (exact) mass is 298 g/mol. The Morgan fingerprint density at radius 1 is 0.905 bits per heavy atom. The summed E-state index contributed by atoms with van der Waals surface area (Å²) in [4.78, 5) is 24.2. The van der Waals surface area contributed by atoms with Gasteiger partial charge < -0.3 is 24.4 Å². The van der Waals surface area contributed by atoms with Gasteiger partial charge in [0, 0.05) is 0 Å². The summed E-state index contributed by atoms with van der Waals surface area (Å²) < 4.78 is 15.9. The van der Waals surface area contributed by atoms with Gasteiger partial charge in [0.25, 0.3) is 0 Å². The van der Waals surface area contributed by atoms with E-state index in [9.17, 15) is 19.8 Å². The minimum atomic E-state index is -1.33. The van der Waals surface area contributed by atoms with Gasteiger partial charge in [-0.25, -0.2) is 0 Å². The molecule has 6 unspecified atom stereocenters. The molecule has 2 N–H and O–H groups in total. The average Bonchev–Trinajstić information content (AvgIpc) is 3.25. The molecule has 3 heterocycles. The van der Waals surface area contributed by atoms with Gasteiger partial charge in [-0.3, -0.25) is 9.59 Å². The van der Waals surface area contributed by atoms with Crippen molar-refractivity contribution in [3.05, 3.63) is 0 Å². The lowest BCUT2D eigenvalue weighted by Crippen LogP contribution is -2.57. The molecule has 0 bridgehead atoms. The zero-order chi connectivity index (χ0) is 14.8. The van der Waals surface area contributed by atoms with Gasteiger partial charge in [-0.15, -0.1) is 0 Å². The van der Waals surface area contributed by atoms with Gasteiger partial charge >= 0.3 is 11.9 Å². The fourth-order valence-electron chi connectivity index (χ4n) is 4.08. The van der Waals surface area contributed by atoms with Crippen LogP contribution in [0.25, 0.3) is 0 Å². The number of ether oxygens (including phenoxy) is 3. The van der Waals surface area contributed by atoms with Gasteiger partial charge in [0.1, 0.15) is 0 Å². The third kappa shape index (κ3) is 1.98. The summed E-state index contributed by atoms with van der Waals surface area (Å²) in [6, 6.07) is 0. The number of carboxylic acids is 2. The van der Waals surface area contributed by atoms with Crippen molar-refractivity contribution < 1.29 is 34.0 Å². The molecule has 1 saturated carbocycles. The molecule has 3 saturated heterocycles. The highest BCUT2D eigenvalue weighted by Crippen LogP contribution is 2.62. The minimum absolute atomic E-state index is 0.118. The van der Waals surface area contributed by atoms with Gasteiger partial charge in [-0.05, 0) is 25.7 Å². The number of fused-ring (bicyclic) bond motifs is 1. The smallest absolute Gasteiger partial charge is 0.311 e. The van der Waals surface area contributed by atoms with Gasteiger partial charge in [0.15, 0.2) is 0 Å². The summed E-state index contributed by atoms with van der Waals surface area (Å²) in [5, 5.41) is 19.8. The normalized spacial score (nSPS) is 50.1. The second-order valence-electron chi connectivity index (χ2n) is 6.71. The van der Waals surface area contributed by atoms with E-state index in [0.29, 0.717) is 13.2 Å². The average molecular weight is 298 g/mol. The van der Waals surface area contributed by atoms with E-state index in [1.165, 1.54) is 0 Å². The van der Waals surface area contributed by atoms with Crippen LogP contribution in [0.2, 0.25) is 0 Å².